The van der Waals surface area contributed by atoms with Gasteiger partial charge in [0.25, 0.3) is 5.92 Å². The Bertz CT molecular complexity index is 654. The summed E-state index contributed by atoms with van der Waals surface area (Å²) in [7, 11) is 0. The number of anilines is 1. The van der Waals surface area contributed by atoms with Crippen LogP contribution in [0.5, 0.6) is 0 Å². The van der Waals surface area contributed by atoms with Gasteiger partial charge in [0.1, 0.15) is 5.82 Å². The normalized spacial score (nSPS) is 23.8. The van der Waals surface area contributed by atoms with E-state index < -0.39 is 23.6 Å². The summed E-state index contributed by atoms with van der Waals surface area (Å²) in [6, 6.07) is 1.89. The van der Waals surface area contributed by atoms with Crippen LogP contribution in [0.4, 0.5) is 27.8 Å². The van der Waals surface area contributed by atoms with Crippen molar-refractivity contribution in [1.82, 2.24) is 9.88 Å². The number of carbonyl (C=O) groups is 1. The van der Waals surface area contributed by atoms with E-state index in [1.54, 1.807) is 4.90 Å². The maximum absolute atomic E-state index is 13.3. The fraction of sp³-hybridized carbons (Fsp3) is 0.647. The first-order valence-corrected chi connectivity index (χ1v) is 8.60. The van der Waals surface area contributed by atoms with Gasteiger partial charge < -0.3 is 9.80 Å². The molecule has 2 fully saturated rings. The van der Waals surface area contributed by atoms with Gasteiger partial charge in [0.15, 0.2) is 0 Å². The SMILES string of the molecule is O=C(C1CCCN(c2cc(C(F)(F)F)ccn2)C1)N1CCC(F)(F)CC1. The molecule has 0 bridgehead atoms. The van der Waals surface area contributed by atoms with Gasteiger partial charge in [-0.3, -0.25) is 4.79 Å². The van der Waals surface area contributed by atoms with Gasteiger partial charge in [-0.25, -0.2) is 13.8 Å². The first-order valence-electron chi connectivity index (χ1n) is 8.60. The van der Waals surface area contributed by atoms with Crippen LogP contribution in [-0.2, 0) is 11.0 Å². The Morgan fingerprint density at radius 2 is 1.88 bits per heavy atom. The molecule has 3 heterocycles. The predicted octanol–water partition coefficient (Wildman–Crippen LogP) is 3.57. The van der Waals surface area contributed by atoms with Crippen molar-refractivity contribution >= 4 is 11.7 Å². The van der Waals surface area contributed by atoms with E-state index in [0.717, 1.165) is 18.3 Å². The molecule has 1 unspecified atom stereocenters. The lowest BCUT2D eigenvalue weighted by atomic mass is 9.95. The number of rotatable bonds is 2. The molecule has 9 heteroatoms. The zero-order chi connectivity index (χ0) is 18.9. The molecule has 0 saturated carbocycles. The average Bonchev–Trinajstić information content (AvgIpc) is 2.61. The smallest absolute Gasteiger partial charge is 0.356 e. The number of nitrogens with zero attached hydrogens (tertiary/aromatic N) is 3. The first-order chi connectivity index (χ1) is 12.2. The van der Waals surface area contributed by atoms with E-state index >= 15 is 0 Å². The molecule has 26 heavy (non-hydrogen) atoms. The summed E-state index contributed by atoms with van der Waals surface area (Å²) < 4.78 is 65.1. The van der Waals surface area contributed by atoms with Gasteiger partial charge in [0, 0.05) is 45.2 Å². The van der Waals surface area contributed by atoms with E-state index in [0.29, 0.717) is 19.4 Å². The second kappa shape index (κ2) is 7.00. The number of pyridine rings is 1. The molecule has 3 rings (SSSR count). The van der Waals surface area contributed by atoms with Crippen molar-refractivity contribution in [3.8, 4) is 0 Å². The van der Waals surface area contributed by atoms with Crippen molar-refractivity contribution in [2.24, 2.45) is 5.92 Å². The molecule has 2 saturated heterocycles. The van der Waals surface area contributed by atoms with Crippen molar-refractivity contribution in [2.45, 2.75) is 37.8 Å². The molecule has 1 aromatic heterocycles. The summed E-state index contributed by atoms with van der Waals surface area (Å²) in [5, 5.41) is 0. The average molecular weight is 377 g/mol. The number of carbonyl (C=O) groups excluding carboxylic acids is 1. The molecular formula is C17H20F5N3O. The molecule has 1 atom stereocenters. The molecule has 1 aromatic rings. The largest absolute Gasteiger partial charge is 0.416 e. The van der Waals surface area contributed by atoms with E-state index in [2.05, 4.69) is 4.98 Å². The van der Waals surface area contributed by atoms with Gasteiger partial charge in [-0.15, -0.1) is 0 Å². The van der Waals surface area contributed by atoms with E-state index in [1.165, 1.54) is 4.90 Å². The number of amides is 1. The predicted molar refractivity (Wildman–Crippen MR) is 84.9 cm³/mol. The van der Waals surface area contributed by atoms with Gasteiger partial charge in [0.05, 0.1) is 11.5 Å². The van der Waals surface area contributed by atoms with Gasteiger partial charge >= 0.3 is 6.18 Å². The molecule has 0 aromatic carbocycles. The Morgan fingerprint density at radius 3 is 2.54 bits per heavy atom. The molecule has 2 aliphatic rings. The minimum atomic E-state index is -4.46. The first kappa shape index (κ1) is 18.8. The van der Waals surface area contributed by atoms with E-state index in [-0.39, 0.29) is 44.2 Å². The fourth-order valence-corrected chi connectivity index (χ4v) is 3.47. The quantitative estimate of drug-likeness (QED) is 0.740. The number of piperidine rings is 2. The Labute approximate surface area is 148 Å². The third-order valence-electron chi connectivity index (χ3n) is 4.97. The molecule has 0 N–H and O–H groups in total. The number of aromatic nitrogens is 1. The highest BCUT2D eigenvalue weighted by molar-refractivity contribution is 5.80. The van der Waals surface area contributed by atoms with Gasteiger partial charge in [0.2, 0.25) is 5.91 Å². The van der Waals surface area contributed by atoms with Crippen molar-refractivity contribution < 1.29 is 26.7 Å². The van der Waals surface area contributed by atoms with E-state index in [9.17, 15) is 26.7 Å². The fourth-order valence-electron chi connectivity index (χ4n) is 3.47. The molecule has 2 aliphatic heterocycles. The van der Waals surface area contributed by atoms with Crippen LogP contribution in [-0.4, -0.2) is 47.9 Å². The summed E-state index contributed by atoms with van der Waals surface area (Å²) in [4.78, 5) is 19.7. The minimum absolute atomic E-state index is 0.0180. The zero-order valence-electron chi connectivity index (χ0n) is 14.1. The Kier molecular flexibility index (Phi) is 5.07. The third kappa shape index (κ3) is 4.24. The van der Waals surface area contributed by atoms with Gasteiger partial charge in [-0.1, -0.05) is 0 Å². The number of likely N-dealkylation sites (tertiary alicyclic amines) is 1. The Balaban J connectivity index is 1.67. The Hall–Kier alpha value is -1.93. The standard InChI is InChI=1S/C17H20F5N3O/c18-16(19)4-8-24(9-5-16)15(26)12-2-1-7-25(11-12)14-10-13(3-6-23-14)17(20,21)22/h3,6,10,12H,1-2,4-5,7-9,11H2. The number of hydrogen-bond acceptors (Lipinski definition) is 3. The minimum Gasteiger partial charge on any atom is -0.356 e. The zero-order valence-corrected chi connectivity index (χ0v) is 14.1. The molecule has 0 aliphatic carbocycles. The highest BCUT2D eigenvalue weighted by Crippen LogP contribution is 2.33. The molecule has 4 nitrogen and oxygen atoms in total. The second-order valence-corrected chi connectivity index (χ2v) is 6.87. The van der Waals surface area contributed by atoms with Crippen molar-refractivity contribution in [1.29, 1.82) is 0 Å². The maximum atomic E-state index is 13.3. The second-order valence-electron chi connectivity index (χ2n) is 6.87. The van der Waals surface area contributed by atoms with Gasteiger partial charge in [-0.2, -0.15) is 13.2 Å². The van der Waals surface area contributed by atoms with Crippen LogP contribution in [0.1, 0.15) is 31.2 Å². The van der Waals surface area contributed by atoms with Crippen molar-refractivity contribution in [2.75, 3.05) is 31.1 Å². The summed E-state index contributed by atoms with van der Waals surface area (Å²) in [5.74, 6) is -3.15. The van der Waals surface area contributed by atoms with Crippen LogP contribution in [0.2, 0.25) is 0 Å². The summed E-state index contributed by atoms with van der Waals surface area (Å²) in [6.45, 7) is 0.796. The number of hydrogen-bond donors (Lipinski definition) is 0. The van der Waals surface area contributed by atoms with Crippen LogP contribution < -0.4 is 4.90 Å². The van der Waals surface area contributed by atoms with E-state index in [4.69, 9.17) is 0 Å². The maximum Gasteiger partial charge on any atom is 0.416 e. The van der Waals surface area contributed by atoms with E-state index in [1.807, 2.05) is 0 Å². The monoisotopic (exact) mass is 377 g/mol. The lowest BCUT2D eigenvalue weighted by Gasteiger charge is -2.38. The molecule has 0 spiro atoms. The lowest BCUT2D eigenvalue weighted by Crippen LogP contribution is -2.49. The van der Waals surface area contributed by atoms with Gasteiger partial charge in [-0.05, 0) is 25.0 Å². The summed E-state index contributed by atoms with van der Waals surface area (Å²) >= 11 is 0. The van der Waals surface area contributed by atoms with Crippen LogP contribution in [0, 0.1) is 5.92 Å². The Morgan fingerprint density at radius 1 is 1.19 bits per heavy atom. The summed E-state index contributed by atoms with van der Waals surface area (Å²) in [5.41, 5.74) is -0.783. The lowest BCUT2D eigenvalue weighted by molar-refractivity contribution is -0.142. The van der Waals surface area contributed by atoms with Crippen LogP contribution in [0.15, 0.2) is 18.3 Å². The van der Waals surface area contributed by atoms with Crippen LogP contribution >= 0.6 is 0 Å². The topological polar surface area (TPSA) is 36.4 Å². The molecule has 0 radical (unpaired) electrons. The molecule has 1 amide bonds. The number of alkyl halides is 5. The summed E-state index contributed by atoms with van der Waals surface area (Å²) in [6.07, 6.45) is -2.80. The molecule has 144 valence electrons. The van der Waals surface area contributed by atoms with Crippen molar-refractivity contribution in [3.63, 3.8) is 0 Å². The van der Waals surface area contributed by atoms with Crippen LogP contribution in [0.25, 0.3) is 0 Å². The number of halogens is 5. The highest BCUT2D eigenvalue weighted by atomic mass is 19.4. The van der Waals surface area contributed by atoms with Crippen molar-refractivity contribution in [3.05, 3.63) is 23.9 Å². The highest BCUT2D eigenvalue weighted by Gasteiger charge is 2.38. The van der Waals surface area contributed by atoms with Crippen LogP contribution in [0.3, 0.4) is 0 Å². The molecular weight excluding hydrogens is 357 g/mol. The third-order valence-corrected chi connectivity index (χ3v) is 4.97.